The monoisotopic (exact) mass is 506 g/mol. The summed E-state index contributed by atoms with van der Waals surface area (Å²) in [7, 11) is 6.62. The summed E-state index contributed by atoms with van der Waals surface area (Å²) in [6, 6.07) is 9.76. The van der Waals surface area contributed by atoms with E-state index in [2.05, 4.69) is 26.5 Å². The quantitative estimate of drug-likeness (QED) is 0.472. The van der Waals surface area contributed by atoms with Crippen LogP contribution in [0.15, 0.2) is 30.3 Å². The van der Waals surface area contributed by atoms with E-state index in [-0.39, 0.29) is 18.0 Å². The Kier molecular flexibility index (Phi) is 5.76. The number of methoxy groups -OCH3 is 2. The summed E-state index contributed by atoms with van der Waals surface area (Å²) in [6.45, 7) is 0. The van der Waals surface area contributed by atoms with Gasteiger partial charge in [0, 0.05) is 31.7 Å². The van der Waals surface area contributed by atoms with Gasteiger partial charge in [-0.2, -0.15) is 0 Å². The molecule has 1 saturated heterocycles. The Balaban J connectivity index is 1.13. The predicted octanol–water partition coefficient (Wildman–Crippen LogP) is 2.34. The topological polar surface area (TPSA) is 117 Å². The van der Waals surface area contributed by atoms with Gasteiger partial charge in [0.2, 0.25) is 11.8 Å². The lowest BCUT2D eigenvalue weighted by Crippen LogP contribution is -2.39. The lowest BCUT2D eigenvalue weighted by molar-refractivity contribution is -0.118. The van der Waals surface area contributed by atoms with Crippen molar-refractivity contribution in [3.05, 3.63) is 41.6 Å². The number of ether oxygens (including phenoxy) is 2. The van der Waals surface area contributed by atoms with Crippen molar-refractivity contribution in [2.45, 2.75) is 43.3 Å². The van der Waals surface area contributed by atoms with Crippen LogP contribution in [0.25, 0.3) is 0 Å². The number of pyridine rings is 1. The second-order valence-electron chi connectivity index (χ2n) is 10.9. The van der Waals surface area contributed by atoms with Gasteiger partial charge in [-0.25, -0.2) is 10.4 Å². The van der Waals surface area contributed by atoms with Gasteiger partial charge in [0.05, 0.1) is 31.5 Å². The molecule has 2 aliphatic carbocycles. The van der Waals surface area contributed by atoms with Crippen molar-refractivity contribution in [1.29, 1.82) is 0 Å². The van der Waals surface area contributed by atoms with Gasteiger partial charge in [0.1, 0.15) is 11.4 Å². The molecule has 10 nitrogen and oxygen atoms in total. The maximum absolute atomic E-state index is 13.1. The molecule has 1 aromatic heterocycles. The van der Waals surface area contributed by atoms with E-state index in [1.165, 1.54) is 4.90 Å². The zero-order valence-corrected chi connectivity index (χ0v) is 21.6. The molecular weight excluding hydrogens is 472 g/mol. The number of benzene rings is 1. The van der Waals surface area contributed by atoms with Crippen molar-refractivity contribution in [2.75, 3.05) is 38.9 Å². The Bertz CT molecular complexity index is 1250. The number of nitrogens with zero attached hydrogens (tertiary/aromatic N) is 2. The van der Waals surface area contributed by atoms with Gasteiger partial charge in [-0.1, -0.05) is 0 Å². The van der Waals surface area contributed by atoms with Gasteiger partial charge in [-0.05, 0) is 73.4 Å². The van der Waals surface area contributed by atoms with Crippen LogP contribution in [-0.2, 0) is 10.2 Å². The molecule has 3 fully saturated rings. The molecule has 6 atom stereocenters. The maximum atomic E-state index is 13.1. The fourth-order valence-electron chi connectivity index (χ4n) is 6.74. The molecule has 196 valence electrons. The van der Waals surface area contributed by atoms with Crippen LogP contribution in [0.1, 0.15) is 41.7 Å². The summed E-state index contributed by atoms with van der Waals surface area (Å²) >= 11 is 0. The molecule has 1 spiro atoms. The average Bonchev–Trinajstić information content (AvgIpc) is 3.46. The molecular formula is C27H34N6O4. The van der Waals surface area contributed by atoms with Gasteiger partial charge in [-0.3, -0.25) is 15.0 Å². The number of fused-ring (bicyclic) bond motifs is 3. The second kappa shape index (κ2) is 8.88. The van der Waals surface area contributed by atoms with E-state index in [0.29, 0.717) is 35.4 Å². The van der Waals surface area contributed by atoms with Gasteiger partial charge < -0.3 is 25.0 Å². The predicted molar refractivity (Wildman–Crippen MR) is 139 cm³/mol. The fourth-order valence-corrected chi connectivity index (χ4v) is 6.74. The molecule has 4 N–H and O–H groups in total. The van der Waals surface area contributed by atoms with E-state index in [9.17, 15) is 9.59 Å². The molecule has 6 rings (SSSR count). The van der Waals surface area contributed by atoms with E-state index in [4.69, 9.17) is 9.47 Å². The molecule has 4 unspecified atom stereocenters. The Morgan fingerprint density at radius 1 is 1.14 bits per heavy atom. The number of hydrogen-bond acceptors (Lipinski definition) is 8. The van der Waals surface area contributed by atoms with Crippen LogP contribution >= 0.6 is 0 Å². The van der Waals surface area contributed by atoms with Crippen LogP contribution in [0.3, 0.4) is 0 Å². The number of hydrazine groups is 1. The standard InChI is InChI=1S/C27H34N6O4/c1-33(2)25(34)21-10-9-20(24(29-21)37-4)28-23-16-7-5-14(11-22(16)31-32-23)18-13-27(18)17-12-15(36-3)6-8-19(17)30-26(27)35/h6,8-10,12,14,16,18,22-23,28,31-32H,5,7,11,13H2,1-4H3,(H,30,35)/t14?,16?,18-,22?,23?,27-/m0/s1. The average molecular weight is 507 g/mol. The van der Waals surface area contributed by atoms with Crippen molar-refractivity contribution < 1.29 is 19.1 Å². The Morgan fingerprint density at radius 3 is 2.73 bits per heavy atom. The van der Waals surface area contributed by atoms with Gasteiger partial charge >= 0.3 is 0 Å². The molecule has 1 aromatic carbocycles. The normalized spacial score (nSPS) is 31.4. The second-order valence-corrected chi connectivity index (χ2v) is 10.9. The minimum Gasteiger partial charge on any atom is -0.497 e. The number of amides is 2. The number of anilines is 2. The smallest absolute Gasteiger partial charge is 0.272 e. The molecule has 37 heavy (non-hydrogen) atoms. The Morgan fingerprint density at radius 2 is 1.97 bits per heavy atom. The summed E-state index contributed by atoms with van der Waals surface area (Å²) < 4.78 is 10.9. The molecule has 2 aliphatic heterocycles. The van der Waals surface area contributed by atoms with Gasteiger partial charge in [-0.15, -0.1) is 0 Å². The van der Waals surface area contributed by atoms with Crippen LogP contribution in [0.2, 0.25) is 0 Å². The highest BCUT2D eigenvalue weighted by Crippen LogP contribution is 2.65. The van der Waals surface area contributed by atoms with E-state index >= 15 is 0 Å². The molecule has 0 bridgehead atoms. The van der Waals surface area contributed by atoms with Crippen molar-refractivity contribution >= 4 is 23.2 Å². The number of aromatic nitrogens is 1. The first-order chi connectivity index (χ1) is 17.8. The summed E-state index contributed by atoms with van der Waals surface area (Å²) in [5.74, 6) is 2.36. The Hall–Kier alpha value is -3.37. The van der Waals surface area contributed by atoms with Gasteiger partial charge in [0.25, 0.3) is 5.91 Å². The summed E-state index contributed by atoms with van der Waals surface area (Å²) in [5.41, 5.74) is 9.62. The van der Waals surface area contributed by atoms with E-state index in [1.807, 2.05) is 24.3 Å². The molecule has 0 radical (unpaired) electrons. The van der Waals surface area contributed by atoms with Crippen molar-refractivity contribution in [3.63, 3.8) is 0 Å². The van der Waals surface area contributed by atoms with Crippen LogP contribution in [0, 0.1) is 17.8 Å². The third-order valence-electron chi connectivity index (χ3n) is 8.73. The first-order valence-corrected chi connectivity index (χ1v) is 12.9. The third kappa shape index (κ3) is 3.81. The number of carbonyl (C=O) groups is 2. The number of carbonyl (C=O) groups excluding carboxylic acids is 2. The highest BCUT2D eigenvalue weighted by molar-refractivity contribution is 6.09. The zero-order chi connectivity index (χ0) is 25.9. The zero-order valence-electron chi connectivity index (χ0n) is 21.6. The van der Waals surface area contributed by atoms with Gasteiger partial charge in [0.15, 0.2) is 0 Å². The lowest BCUT2D eigenvalue weighted by Gasteiger charge is -2.34. The Labute approximate surface area is 216 Å². The summed E-state index contributed by atoms with van der Waals surface area (Å²) in [5, 5.41) is 6.64. The minimum absolute atomic E-state index is 0.00461. The summed E-state index contributed by atoms with van der Waals surface area (Å²) in [4.78, 5) is 31.3. The number of rotatable bonds is 6. The first-order valence-electron chi connectivity index (χ1n) is 12.9. The molecule has 3 heterocycles. The number of nitrogens with one attached hydrogen (secondary N) is 4. The summed E-state index contributed by atoms with van der Waals surface area (Å²) in [6.07, 6.45) is 4.04. The van der Waals surface area contributed by atoms with Crippen LogP contribution < -0.4 is 31.0 Å². The molecule has 2 saturated carbocycles. The molecule has 2 aromatic rings. The van der Waals surface area contributed by atoms with Crippen LogP contribution in [-0.4, -0.2) is 62.2 Å². The van der Waals surface area contributed by atoms with E-state index in [1.54, 1.807) is 34.4 Å². The fraction of sp³-hybridized carbons (Fsp3) is 0.519. The van der Waals surface area contributed by atoms with Crippen LogP contribution in [0.4, 0.5) is 11.4 Å². The largest absolute Gasteiger partial charge is 0.497 e. The van der Waals surface area contributed by atoms with E-state index < -0.39 is 5.41 Å². The molecule has 10 heteroatoms. The highest BCUT2D eigenvalue weighted by Gasteiger charge is 2.67. The van der Waals surface area contributed by atoms with Crippen molar-refractivity contribution in [3.8, 4) is 11.6 Å². The maximum Gasteiger partial charge on any atom is 0.272 e. The van der Waals surface area contributed by atoms with Crippen LogP contribution in [0.5, 0.6) is 11.6 Å². The van der Waals surface area contributed by atoms with Crippen molar-refractivity contribution in [2.24, 2.45) is 17.8 Å². The minimum atomic E-state index is -0.407. The SMILES string of the molecule is COc1ccc2c(c1)[C@]1(C[C@H]1C1CCC3C(C1)NNC3Nc1ccc(C(=O)N(C)C)nc1OC)C(=O)N2. The number of hydrogen-bond donors (Lipinski definition) is 4. The first kappa shape index (κ1) is 24.0. The third-order valence-corrected chi connectivity index (χ3v) is 8.73. The molecule has 4 aliphatic rings. The molecule has 2 amide bonds. The van der Waals surface area contributed by atoms with E-state index in [0.717, 1.165) is 48.4 Å². The lowest BCUT2D eigenvalue weighted by atomic mass is 9.74. The van der Waals surface area contributed by atoms with Crippen molar-refractivity contribution in [1.82, 2.24) is 20.7 Å². The highest BCUT2D eigenvalue weighted by atomic mass is 16.5.